The molecule has 2 N–H and O–H groups in total. The number of rotatable bonds is 6. The predicted molar refractivity (Wildman–Crippen MR) is 57.1 cm³/mol. The van der Waals surface area contributed by atoms with Gasteiger partial charge in [0.1, 0.15) is 5.69 Å². The van der Waals surface area contributed by atoms with Gasteiger partial charge in [-0.2, -0.15) is 0 Å². The summed E-state index contributed by atoms with van der Waals surface area (Å²) in [6, 6.07) is 1.81. The van der Waals surface area contributed by atoms with Crippen LogP contribution < -0.4 is 0 Å². The lowest BCUT2D eigenvalue weighted by Crippen LogP contribution is -2.09. The van der Waals surface area contributed by atoms with Crippen LogP contribution in [0.5, 0.6) is 0 Å². The van der Waals surface area contributed by atoms with Crippen molar-refractivity contribution in [1.82, 2.24) is 4.57 Å². The van der Waals surface area contributed by atoms with Crippen LogP contribution in [0.4, 0.5) is 0 Å². The van der Waals surface area contributed by atoms with Crippen molar-refractivity contribution in [2.75, 3.05) is 6.61 Å². The van der Waals surface area contributed by atoms with Crippen LogP contribution in [0.2, 0.25) is 0 Å². The third-order valence-corrected chi connectivity index (χ3v) is 2.42. The lowest BCUT2D eigenvalue weighted by atomic mass is 10.2. The maximum absolute atomic E-state index is 10.9. The molecule has 0 aliphatic heterocycles. The van der Waals surface area contributed by atoms with Crippen LogP contribution in [0.1, 0.15) is 35.3 Å². The van der Waals surface area contributed by atoms with Gasteiger partial charge >= 0.3 is 5.97 Å². The van der Waals surface area contributed by atoms with Gasteiger partial charge in [0.05, 0.1) is 0 Å². The van der Waals surface area contributed by atoms with E-state index in [9.17, 15) is 4.79 Å². The summed E-state index contributed by atoms with van der Waals surface area (Å²) >= 11 is 0. The smallest absolute Gasteiger partial charge is 0.352 e. The molecule has 0 unspecified atom stereocenters. The number of nitrogens with zero attached hydrogens (tertiary/aromatic N) is 1. The van der Waals surface area contributed by atoms with Crippen LogP contribution in [-0.4, -0.2) is 27.4 Å². The Balaban J connectivity index is 2.57. The number of aliphatic hydroxyl groups excluding tert-OH is 1. The first-order chi connectivity index (χ1) is 7.16. The van der Waals surface area contributed by atoms with E-state index in [0.29, 0.717) is 12.2 Å². The minimum absolute atomic E-state index is 0.205. The number of carbonyl (C=O) groups is 1. The molecule has 15 heavy (non-hydrogen) atoms. The second-order valence-corrected chi connectivity index (χ2v) is 3.63. The number of unbranched alkanes of at least 4 members (excludes halogenated alkanes) is 2. The maximum Gasteiger partial charge on any atom is 0.352 e. The standard InChI is InChI=1S/C11H17NO3/c1-9-5-7-12(10(9)11(14)15)6-3-2-4-8-13/h5,7,13H,2-4,6,8H2,1H3,(H,14,15). The number of aromatic nitrogens is 1. The maximum atomic E-state index is 10.9. The molecule has 1 rings (SSSR count). The van der Waals surface area contributed by atoms with E-state index in [2.05, 4.69) is 0 Å². The first kappa shape index (κ1) is 11.8. The molecule has 0 amide bonds. The zero-order valence-electron chi connectivity index (χ0n) is 8.94. The topological polar surface area (TPSA) is 62.5 Å². The minimum atomic E-state index is -0.875. The Labute approximate surface area is 89.2 Å². The summed E-state index contributed by atoms with van der Waals surface area (Å²) in [7, 11) is 0. The Morgan fingerprint density at radius 3 is 2.73 bits per heavy atom. The molecule has 0 aromatic carbocycles. The van der Waals surface area contributed by atoms with Gasteiger partial charge in [-0.1, -0.05) is 0 Å². The fourth-order valence-corrected chi connectivity index (χ4v) is 1.63. The van der Waals surface area contributed by atoms with Crippen molar-refractivity contribution in [1.29, 1.82) is 0 Å². The van der Waals surface area contributed by atoms with E-state index in [1.165, 1.54) is 0 Å². The van der Waals surface area contributed by atoms with Crippen LogP contribution in [0.3, 0.4) is 0 Å². The largest absolute Gasteiger partial charge is 0.477 e. The highest BCUT2D eigenvalue weighted by Gasteiger charge is 2.12. The van der Waals surface area contributed by atoms with Crippen molar-refractivity contribution >= 4 is 5.97 Å². The average Bonchev–Trinajstić information content (AvgIpc) is 2.54. The molecular formula is C11H17NO3. The predicted octanol–water partition coefficient (Wildman–Crippen LogP) is 1.66. The molecular weight excluding hydrogens is 194 g/mol. The zero-order valence-corrected chi connectivity index (χ0v) is 8.94. The van der Waals surface area contributed by atoms with Gasteiger partial charge in [-0.15, -0.1) is 0 Å². The molecule has 0 aliphatic carbocycles. The number of carboxylic acids is 1. The summed E-state index contributed by atoms with van der Waals surface area (Å²) < 4.78 is 1.76. The average molecular weight is 211 g/mol. The quantitative estimate of drug-likeness (QED) is 0.703. The Bertz CT molecular complexity index is 331. The SMILES string of the molecule is Cc1ccn(CCCCCO)c1C(=O)O. The number of carboxylic acid groups (broad SMARTS) is 1. The summed E-state index contributed by atoms with van der Waals surface area (Å²) in [6.07, 6.45) is 4.40. The molecule has 4 nitrogen and oxygen atoms in total. The minimum Gasteiger partial charge on any atom is -0.477 e. The molecule has 0 saturated carbocycles. The van der Waals surface area contributed by atoms with E-state index in [1.54, 1.807) is 17.7 Å². The Morgan fingerprint density at radius 1 is 1.40 bits per heavy atom. The van der Waals surface area contributed by atoms with Crippen LogP contribution >= 0.6 is 0 Å². The van der Waals surface area contributed by atoms with Crippen LogP contribution in [0, 0.1) is 6.92 Å². The van der Waals surface area contributed by atoms with Gasteiger partial charge in [-0.25, -0.2) is 4.79 Å². The highest BCUT2D eigenvalue weighted by molar-refractivity contribution is 5.87. The van der Waals surface area contributed by atoms with Gasteiger partial charge in [0.2, 0.25) is 0 Å². The van der Waals surface area contributed by atoms with Crippen molar-refractivity contribution in [2.45, 2.75) is 32.7 Å². The van der Waals surface area contributed by atoms with E-state index in [4.69, 9.17) is 10.2 Å². The molecule has 0 radical (unpaired) electrons. The van der Waals surface area contributed by atoms with E-state index in [-0.39, 0.29) is 6.61 Å². The molecule has 4 heteroatoms. The second kappa shape index (κ2) is 5.56. The zero-order chi connectivity index (χ0) is 11.3. The monoisotopic (exact) mass is 211 g/mol. The summed E-state index contributed by atoms with van der Waals surface area (Å²) in [5.41, 5.74) is 1.17. The van der Waals surface area contributed by atoms with E-state index < -0.39 is 5.97 Å². The normalized spacial score (nSPS) is 10.5. The molecule has 1 aromatic heterocycles. The number of aromatic carboxylic acids is 1. The van der Waals surface area contributed by atoms with Crippen LogP contribution in [-0.2, 0) is 6.54 Å². The lowest BCUT2D eigenvalue weighted by Gasteiger charge is -2.06. The number of aliphatic hydroxyl groups is 1. The van der Waals surface area contributed by atoms with Gasteiger partial charge in [0, 0.05) is 19.3 Å². The summed E-state index contributed by atoms with van der Waals surface area (Å²) in [5, 5.41) is 17.6. The highest BCUT2D eigenvalue weighted by atomic mass is 16.4. The first-order valence-corrected chi connectivity index (χ1v) is 5.16. The molecule has 0 aliphatic rings. The number of hydrogen-bond acceptors (Lipinski definition) is 2. The number of aryl methyl sites for hydroxylation is 2. The summed E-state index contributed by atoms with van der Waals surface area (Å²) in [5.74, 6) is -0.875. The first-order valence-electron chi connectivity index (χ1n) is 5.16. The Hall–Kier alpha value is -1.29. The van der Waals surface area contributed by atoms with Gasteiger partial charge in [-0.3, -0.25) is 0 Å². The Kier molecular flexibility index (Phi) is 4.37. The highest BCUT2D eigenvalue weighted by Crippen LogP contribution is 2.11. The van der Waals surface area contributed by atoms with Crippen molar-refractivity contribution in [3.63, 3.8) is 0 Å². The van der Waals surface area contributed by atoms with Gasteiger partial charge in [-0.05, 0) is 37.8 Å². The fraction of sp³-hybridized carbons (Fsp3) is 0.545. The summed E-state index contributed by atoms with van der Waals surface area (Å²) in [6.45, 7) is 2.71. The van der Waals surface area contributed by atoms with Crippen LogP contribution in [0.15, 0.2) is 12.3 Å². The molecule has 0 saturated heterocycles. The van der Waals surface area contributed by atoms with E-state index >= 15 is 0 Å². The molecule has 0 spiro atoms. The molecule has 84 valence electrons. The van der Waals surface area contributed by atoms with Crippen molar-refractivity contribution in [3.8, 4) is 0 Å². The fourth-order valence-electron chi connectivity index (χ4n) is 1.63. The lowest BCUT2D eigenvalue weighted by molar-refractivity contribution is 0.0684. The molecule has 0 bridgehead atoms. The van der Waals surface area contributed by atoms with Crippen molar-refractivity contribution in [3.05, 3.63) is 23.5 Å². The van der Waals surface area contributed by atoms with E-state index in [1.807, 2.05) is 6.07 Å². The molecule has 0 fully saturated rings. The molecule has 1 aromatic rings. The van der Waals surface area contributed by atoms with Crippen LogP contribution in [0.25, 0.3) is 0 Å². The molecule has 1 heterocycles. The Morgan fingerprint density at radius 2 is 2.13 bits per heavy atom. The number of hydrogen-bond donors (Lipinski definition) is 2. The third kappa shape index (κ3) is 3.09. The van der Waals surface area contributed by atoms with Gasteiger partial charge in [0.15, 0.2) is 0 Å². The van der Waals surface area contributed by atoms with Crippen molar-refractivity contribution < 1.29 is 15.0 Å². The third-order valence-electron chi connectivity index (χ3n) is 2.42. The molecule has 0 atom stereocenters. The van der Waals surface area contributed by atoms with E-state index in [0.717, 1.165) is 24.8 Å². The van der Waals surface area contributed by atoms with Gasteiger partial charge < -0.3 is 14.8 Å². The van der Waals surface area contributed by atoms with Crippen molar-refractivity contribution in [2.24, 2.45) is 0 Å². The summed E-state index contributed by atoms with van der Waals surface area (Å²) in [4.78, 5) is 10.9. The van der Waals surface area contributed by atoms with Gasteiger partial charge in [0.25, 0.3) is 0 Å². The second-order valence-electron chi connectivity index (χ2n) is 3.63.